The minimum absolute atomic E-state index is 0.220. The van der Waals surface area contributed by atoms with Gasteiger partial charge in [0.1, 0.15) is 17.2 Å². The molecule has 1 aliphatic heterocycles. The number of pyridine rings is 2. The highest BCUT2D eigenvalue weighted by Gasteiger charge is 2.33. The lowest BCUT2D eigenvalue weighted by Gasteiger charge is -2.31. The second kappa shape index (κ2) is 7.93. The summed E-state index contributed by atoms with van der Waals surface area (Å²) >= 11 is 0. The van der Waals surface area contributed by atoms with Gasteiger partial charge in [-0.05, 0) is 30.2 Å². The van der Waals surface area contributed by atoms with E-state index >= 15 is 0 Å². The van der Waals surface area contributed by atoms with Crippen LogP contribution in [0, 0.1) is 6.92 Å². The Kier molecular flexibility index (Phi) is 5.30. The molecule has 0 atom stereocenters. The Morgan fingerprint density at radius 1 is 1.16 bits per heavy atom. The molecule has 160 valence electrons. The highest BCUT2D eigenvalue weighted by molar-refractivity contribution is 5.96. The van der Waals surface area contributed by atoms with Gasteiger partial charge in [-0.3, -0.25) is 15.0 Å². The molecule has 7 nitrogen and oxygen atoms in total. The zero-order chi connectivity index (χ0) is 22.2. The molecule has 10 heteroatoms. The number of anilines is 1. The third-order valence-electron chi connectivity index (χ3n) is 5.06. The third kappa shape index (κ3) is 4.05. The van der Waals surface area contributed by atoms with E-state index in [1.165, 1.54) is 25.7 Å². The van der Waals surface area contributed by atoms with Crippen LogP contribution in [0.2, 0.25) is 0 Å². The van der Waals surface area contributed by atoms with Gasteiger partial charge < -0.3 is 9.64 Å². The van der Waals surface area contributed by atoms with Crippen molar-refractivity contribution in [1.29, 1.82) is 0 Å². The van der Waals surface area contributed by atoms with Gasteiger partial charge in [0.25, 0.3) is 0 Å². The molecular formula is C21H18F3N5O2. The minimum Gasteiger partial charge on any atom is -0.465 e. The molecule has 0 fully saturated rings. The maximum absolute atomic E-state index is 13.1. The van der Waals surface area contributed by atoms with Gasteiger partial charge >= 0.3 is 12.1 Å². The summed E-state index contributed by atoms with van der Waals surface area (Å²) in [6.45, 7) is 2.53. The van der Waals surface area contributed by atoms with Gasteiger partial charge in [-0.25, -0.2) is 9.78 Å². The van der Waals surface area contributed by atoms with Crippen LogP contribution in [0.25, 0.3) is 11.4 Å². The Morgan fingerprint density at radius 2 is 1.97 bits per heavy atom. The first-order valence-corrected chi connectivity index (χ1v) is 9.44. The normalized spacial score (nSPS) is 13.6. The van der Waals surface area contributed by atoms with Gasteiger partial charge in [0, 0.05) is 43.8 Å². The first-order chi connectivity index (χ1) is 14.8. The molecule has 0 amide bonds. The minimum atomic E-state index is -4.46. The molecule has 1 aliphatic rings. The van der Waals surface area contributed by atoms with Gasteiger partial charge in [-0.15, -0.1) is 0 Å². The summed E-state index contributed by atoms with van der Waals surface area (Å²) in [7, 11) is 1.28. The molecule has 0 aliphatic carbocycles. The Bertz CT molecular complexity index is 1140. The van der Waals surface area contributed by atoms with Crippen molar-refractivity contribution in [2.75, 3.05) is 18.6 Å². The number of carbonyl (C=O) groups excluding carboxylic acids is 1. The second-order valence-corrected chi connectivity index (χ2v) is 7.11. The summed E-state index contributed by atoms with van der Waals surface area (Å²) in [6.07, 6.45) is 1.37. The van der Waals surface area contributed by atoms with Crippen molar-refractivity contribution in [2.24, 2.45) is 0 Å². The summed E-state index contributed by atoms with van der Waals surface area (Å²) in [6, 6.07) is 2.79. The largest absolute Gasteiger partial charge is 0.465 e. The highest BCUT2D eigenvalue weighted by atomic mass is 19.4. The molecular weight excluding hydrogens is 411 g/mol. The molecule has 0 aromatic carbocycles. The van der Waals surface area contributed by atoms with Crippen molar-refractivity contribution in [2.45, 2.75) is 26.1 Å². The van der Waals surface area contributed by atoms with Crippen LogP contribution in [0.5, 0.6) is 0 Å². The average molecular weight is 429 g/mol. The fourth-order valence-electron chi connectivity index (χ4n) is 3.57. The van der Waals surface area contributed by atoms with Crippen LogP contribution in [0.1, 0.15) is 32.7 Å². The fourth-order valence-corrected chi connectivity index (χ4v) is 3.57. The molecule has 3 aromatic rings. The first kappa shape index (κ1) is 20.7. The number of alkyl halides is 3. The number of rotatable bonds is 3. The maximum Gasteiger partial charge on any atom is 0.417 e. The molecule has 0 saturated carbocycles. The van der Waals surface area contributed by atoms with Gasteiger partial charge in [-0.2, -0.15) is 13.2 Å². The van der Waals surface area contributed by atoms with Crippen LogP contribution in [-0.4, -0.2) is 39.6 Å². The molecule has 0 unspecified atom stereocenters. The molecule has 31 heavy (non-hydrogen) atoms. The van der Waals surface area contributed by atoms with Crippen molar-refractivity contribution in [3.05, 3.63) is 64.9 Å². The molecule has 4 rings (SSSR count). The molecule has 0 saturated heterocycles. The summed E-state index contributed by atoms with van der Waals surface area (Å²) in [5.41, 5.74) is 1.98. The van der Waals surface area contributed by atoms with E-state index in [0.29, 0.717) is 47.0 Å². The zero-order valence-corrected chi connectivity index (χ0v) is 16.8. The lowest BCUT2D eigenvalue weighted by molar-refractivity contribution is -0.137. The smallest absolute Gasteiger partial charge is 0.417 e. The number of aryl methyl sites for hydroxylation is 1. The van der Waals surface area contributed by atoms with Crippen molar-refractivity contribution >= 4 is 11.8 Å². The van der Waals surface area contributed by atoms with Crippen LogP contribution in [0.3, 0.4) is 0 Å². The van der Waals surface area contributed by atoms with E-state index in [1.807, 2.05) is 4.90 Å². The van der Waals surface area contributed by atoms with Gasteiger partial charge in [-0.1, -0.05) is 0 Å². The van der Waals surface area contributed by atoms with Crippen LogP contribution in [0.15, 0.2) is 36.9 Å². The first-order valence-electron chi connectivity index (χ1n) is 9.44. The van der Waals surface area contributed by atoms with Gasteiger partial charge in [0.05, 0.1) is 24.4 Å². The zero-order valence-electron chi connectivity index (χ0n) is 16.8. The summed E-state index contributed by atoms with van der Waals surface area (Å²) in [4.78, 5) is 31.1. The third-order valence-corrected chi connectivity index (χ3v) is 5.06. The van der Waals surface area contributed by atoms with Gasteiger partial charge in [0.15, 0.2) is 0 Å². The summed E-state index contributed by atoms with van der Waals surface area (Å²) in [5, 5.41) is 0. The molecule has 3 aromatic heterocycles. The number of esters is 1. The van der Waals surface area contributed by atoms with Crippen molar-refractivity contribution < 1.29 is 22.7 Å². The number of methoxy groups -OCH3 is 1. The number of carbonyl (C=O) groups is 1. The van der Waals surface area contributed by atoms with Gasteiger partial charge in [0.2, 0.25) is 0 Å². The Morgan fingerprint density at radius 3 is 2.65 bits per heavy atom. The van der Waals surface area contributed by atoms with Crippen LogP contribution in [-0.2, 0) is 23.9 Å². The Labute approximate surface area is 176 Å². The quantitative estimate of drug-likeness (QED) is 0.589. The Hall–Kier alpha value is -3.56. The average Bonchev–Trinajstić information content (AvgIpc) is 2.77. The summed E-state index contributed by atoms with van der Waals surface area (Å²) in [5.74, 6) is -0.0119. The van der Waals surface area contributed by atoms with Crippen molar-refractivity contribution in [1.82, 2.24) is 19.9 Å². The number of fused-ring (bicyclic) bond motifs is 1. The second-order valence-electron chi connectivity index (χ2n) is 7.11. The van der Waals surface area contributed by atoms with E-state index in [2.05, 4.69) is 19.9 Å². The predicted molar refractivity (Wildman–Crippen MR) is 105 cm³/mol. The van der Waals surface area contributed by atoms with Crippen LogP contribution in [0.4, 0.5) is 19.0 Å². The fraction of sp³-hybridized carbons (Fsp3) is 0.286. The van der Waals surface area contributed by atoms with E-state index < -0.39 is 17.7 Å². The SMILES string of the molecule is COC(=O)c1cc(C)c(N2CCc3ncc(C(F)(F)F)cc3C2)nc1-c1cnccn1. The molecule has 4 heterocycles. The van der Waals surface area contributed by atoms with E-state index in [4.69, 9.17) is 4.74 Å². The molecule has 0 spiro atoms. The van der Waals surface area contributed by atoms with Crippen LogP contribution < -0.4 is 4.90 Å². The monoisotopic (exact) mass is 429 g/mol. The number of hydrogen-bond donors (Lipinski definition) is 0. The van der Waals surface area contributed by atoms with E-state index in [-0.39, 0.29) is 12.1 Å². The van der Waals surface area contributed by atoms with Crippen molar-refractivity contribution in [3.8, 4) is 11.4 Å². The lowest BCUT2D eigenvalue weighted by Crippen LogP contribution is -2.33. The maximum atomic E-state index is 13.1. The highest BCUT2D eigenvalue weighted by Crippen LogP contribution is 2.33. The Balaban J connectivity index is 1.76. The number of nitrogens with zero attached hydrogens (tertiary/aromatic N) is 5. The topological polar surface area (TPSA) is 81.1 Å². The predicted octanol–water partition coefficient (Wildman–Crippen LogP) is 3.61. The molecule has 0 N–H and O–H groups in total. The molecule has 0 bridgehead atoms. The van der Waals surface area contributed by atoms with E-state index in [9.17, 15) is 18.0 Å². The van der Waals surface area contributed by atoms with E-state index in [1.54, 1.807) is 13.0 Å². The van der Waals surface area contributed by atoms with Crippen molar-refractivity contribution in [3.63, 3.8) is 0 Å². The molecule has 0 radical (unpaired) electrons. The number of aromatic nitrogens is 4. The number of halogens is 3. The number of ether oxygens (including phenoxy) is 1. The number of hydrogen-bond acceptors (Lipinski definition) is 7. The summed E-state index contributed by atoms with van der Waals surface area (Å²) < 4.78 is 44.2. The van der Waals surface area contributed by atoms with E-state index in [0.717, 1.165) is 12.3 Å². The van der Waals surface area contributed by atoms with Crippen LogP contribution >= 0.6 is 0 Å². The standard InChI is InChI=1S/C21H18F3N5O2/c1-12-7-15(20(30)31-2)18(17-10-25-4-5-26-17)28-19(12)29-6-3-16-13(11-29)8-14(9-27-16)21(22,23)24/h4-5,7-10H,3,6,11H2,1-2H3. The lowest BCUT2D eigenvalue weighted by atomic mass is 10.0.